The van der Waals surface area contributed by atoms with E-state index in [1.54, 1.807) is 36.4 Å². The van der Waals surface area contributed by atoms with E-state index in [0.29, 0.717) is 15.1 Å². The van der Waals surface area contributed by atoms with Crippen molar-refractivity contribution in [2.45, 2.75) is 6.92 Å². The monoisotopic (exact) mass is 393 g/mol. The molecule has 1 N–H and O–H groups in total. The molecule has 0 atom stereocenters. The fraction of sp³-hybridized carbons (Fsp3) is 0.286. The highest BCUT2D eigenvalue weighted by Gasteiger charge is 2.31. The second-order valence-electron chi connectivity index (χ2n) is 7.31. The molecule has 0 aliphatic carbocycles. The van der Waals surface area contributed by atoms with Gasteiger partial charge in [-0.1, -0.05) is 18.2 Å². The highest BCUT2D eigenvalue weighted by molar-refractivity contribution is 6.02. The first kappa shape index (κ1) is 18.9. The first-order valence-electron chi connectivity index (χ1n) is 9.55. The van der Waals surface area contributed by atoms with Gasteiger partial charge in [-0.2, -0.15) is 4.73 Å². The second-order valence-corrected chi connectivity index (χ2v) is 7.31. The first-order chi connectivity index (χ1) is 14.0. The standard InChI is InChI=1S/C21H23N5O3/c1-15-20(21(27)22-16-6-4-3-5-7-16)26(29)19-14-17(8-9-18(19)25(15)28)24-12-10-23(2)11-13-24/h3-9,14H,10-13H2,1-2H3,(H,22,27). The lowest BCUT2D eigenvalue weighted by Crippen LogP contribution is -2.48. The van der Waals surface area contributed by atoms with Gasteiger partial charge in [0.25, 0.3) is 16.7 Å². The molecule has 0 bridgehead atoms. The van der Waals surface area contributed by atoms with Crippen molar-refractivity contribution in [2.24, 2.45) is 0 Å². The molecule has 8 heteroatoms. The number of para-hydroxylation sites is 1. The number of fused-ring (bicyclic) bond motifs is 1. The molecule has 1 aliphatic heterocycles. The van der Waals surface area contributed by atoms with Crippen molar-refractivity contribution in [3.8, 4) is 0 Å². The van der Waals surface area contributed by atoms with Crippen LogP contribution in [0.3, 0.4) is 0 Å². The average Bonchev–Trinajstić information content (AvgIpc) is 2.73. The van der Waals surface area contributed by atoms with Gasteiger partial charge < -0.3 is 25.5 Å². The Morgan fingerprint density at radius 3 is 2.34 bits per heavy atom. The first-order valence-corrected chi connectivity index (χ1v) is 9.55. The van der Waals surface area contributed by atoms with Crippen LogP contribution in [0.2, 0.25) is 0 Å². The van der Waals surface area contributed by atoms with E-state index in [0.717, 1.165) is 31.9 Å². The Balaban J connectivity index is 1.75. The van der Waals surface area contributed by atoms with E-state index in [4.69, 9.17) is 0 Å². The number of anilines is 2. The molecule has 150 valence electrons. The zero-order chi connectivity index (χ0) is 20.5. The number of carbonyl (C=O) groups is 1. The van der Waals surface area contributed by atoms with Gasteiger partial charge in [-0.15, -0.1) is 4.73 Å². The number of likely N-dealkylation sites (N-methyl/N-ethyl adjacent to an activating group) is 1. The third-order valence-electron chi connectivity index (χ3n) is 5.36. The topological polar surface area (TPSA) is 89.5 Å². The van der Waals surface area contributed by atoms with Crippen molar-refractivity contribution in [1.82, 2.24) is 4.90 Å². The summed E-state index contributed by atoms with van der Waals surface area (Å²) in [6.45, 7) is 5.01. The largest absolute Gasteiger partial charge is 0.618 e. The maximum absolute atomic E-state index is 13.1. The number of piperazine rings is 1. The molecule has 1 amide bonds. The van der Waals surface area contributed by atoms with E-state index in [1.165, 1.54) is 6.92 Å². The minimum absolute atomic E-state index is 0.0632. The van der Waals surface area contributed by atoms with E-state index in [9.17, 15) is 15.2 Å². The number of nitrogens with zero attached hydrogens (tertiary/aromatic N) is 4. The Labute approximate surface area is 168 Å². The summed E-state index contributed by atoms with van der Waals surface area (Å²) >= 11 is 0. The number of rotatable bonds is 3. The minimum Gasteiger partial charge on any atom is -0.618 e. The molecule has 2 aromatic carbocycles. The van der Waals surface area contributed by atoms with Crippen LogP contribution >= 0.6 is 0 Å². The molecule has 0 saturated carbocycles. The summed E-state index contributed by atoms with van der Waals surface area (Å²) in [5, 5.41) is 28.5. The fourth-order valence-electron chi connectivity index (χ4n) is 3.62. The Kier molecular flexibility index (Phi) is 4.94. The van der Waals surface area contributed by atoms with Crippen molar-refractivity contribution in [3.05, 3.63) is 70.3 Å². The number of nitrogens with one attached hydrogen (secondary N) is 1. The van der Waals surface area contributed by atoms with E-state index in [2.05, 4.69) is 22.2 Å². The van der Waals surface area contributed by atoms with Crippen LogP contribution < -0.4 is 19.7 Å². The van der Waals surface area contributed by atoms with Gasteiger partial charge in [-0.3, -0.25) is 4.79 Å². The molecule has 0 spiro atoms. The maximum atomic E-state index is 13.1. The molecule has 1 saturated heterocycles. The smallest absolute Gasteiger partial charge is 0.351 e. The summed E-state index contributed by atoms with van der Waals surface area (Å²) in [5.41, 5.74) is 1.71. The van der Waals surface area contributed by atoms with Crippen molar-refractivity contribution < 1.29 is 14.3 Å². The van der Waals surface area contributed by atoms with Gasteiger partial charge in [0.1, 0.15) is 0 Å². The number of benzene rings is 2. The van der Waals surface area contributed by atoms with Gasteiger partial charge in [0.2, 0.25) is 0 Å². The predicted octanol–water partition coefficient (Wildman–Crippen LogP) is 1.42. The molecule has 0 unspecified atom stereocenters. The van der Waals surface area contributed by atoms with Gasteiger partial charge >= 0.3 is 11.6 Å². The summed E-state index contributed by atoms with van der Waals surface area (Å²) in [7, 11) is 2.07. The van der Waals surface area contributed by atoms with Crippen LogP contribution in [0.5, 0.6) is 0 Å². The van der Waals surface area contributed by atoms with Crippen molar-refractivity contribution in [1.29, 1.82) is 0 Å². The fourth-order valence-corrected chi connectivity index (χ4v) is 3.62. The minimum atomic E-state index is -0.611. The summed E-state index contributed by atoms with van der Waals surface area (Å²) in [5.74, 6) is -0.611. The summed E-state index contributed by atoms with van der Waals surface area (Å²) in [6.07, 6.45) is 0. The third-order valence-corrected chi connectivity index (χ3v) is 5.36. The van der Waals surface area contributed by atoms with Crippen molar-refractivity contribution in [3.63, 3.8) is 0 Å². The SMILES string of the molecule is Cc1c(C(=O)Nc2ccccc2)[n+]([O-])c2cc(N3CCN(C)CC3)ccc2[n+]1[O-]. The number of aromatic nitrogens is 2. The number of hydrogen-bond acceptors (Lipinski definition) is 5. The molecule has 29 heavy (non-hydrogen) atoms. The second kappa shape index (κ2) is 7.56. The molecular weight excluding hydrogens is 370 g/mol. The number of amides is 1. The van der Waals surface area contributed by atoms with Crippen molar-refractivity contribution in [2.75, 3.05) is 43.4 Å². The van der Waals surface area contributed by atoms with E-state index in [1.807, 2.05) is 12.1 Å². The van der Waals surface area contributed by atoms with Crippen LogP contribution in [0.4, 0.5) is 11.4 Å². The summed E-state index contributed by atoms with van der Waals surface area (Å²) in [4.78, 5) is 17.2. The lowest BCUT2D eigenvalue weighted by Gasteiger charge is -2.33. The molecule has 1 fully saturated rings. The predicted molar refractivity (Wildman–Crippen MR) is 111 cm³/mol. The quantitative estimate of drug-likeness (QED) is 0.537. The Bertz CT molecular complexity index is 1060. The van der Waals surface area contributed by atoms with Crippen LogP contribution in [0.25, 0.3) is 11.0 Å². The van der Waals surface area contributed by atoms with Crippen LogP contribution in [0.15, 0.2) is 48.5 Å². The van der Waals surface area contributed by atoms with Gasteiger partial charge in [-0.05, 0) is 25.2 Å². The Morgan fingerprint density at radius 1 is 0.966 bits per heavy atom. The average molecular weight is 393 g/mol. The van der Waals surface area contributed by atoms with Crippen molar-refractivity contribution >= 4 is 28.3 Å². The summed E-state index contributed by atoms with van der Waals surface area (Å²) < 4.78 is 1.22. The summed E-state index contributed by atoms with van der Waals surface area (Å²) in [6, 6.07) is 14.0. The molecule has 0 radical (unpaired) electrons. The van der Waals surface area contributed by atoms with Crippen LogP contribution in [-0.4, -0.2) is 44.0 Å². The number of hydrogen-bond donors (Lipinski definition) is 1. The normalized spacial score (nSPS) is 14.9. The zero-order valence-corrected chi connectivity index (χ0v) is 16.5. The van der Waals surface area contributed by atoms with Gasteiger partial charge in [-0.25, -0.2) is 0 Å². The molecule has 3 aromatic rings. The molecule has 4 rings (SSSR count). The number of carbonyl (C=O) groups excluding carboxylic acids is 1. The van der Waals surface area contributed by atoms with Gasteiger partial charge in [0.05, 0.1) is 0 Å². The van der Waals surface area contributed by atoms with E-state index in [-0.39, 0.29) is 22.4 Å². The highest BCUT2D eigenvalue weighted by atomic mass is 16.5. The molecule has 1 aromatic heterocycles. The van der Waals surface area contributed by atoms with E-state index >= 15 is 0 Å². The Morgan fingerprint density at radius 2 is 1.66 bits per heavy atom. The maximum Gasteiger partial charge on any atom is 0.351 e. The molecule has 8 nitrogen and oxygen atoms in total. The van der Waals surface area contributed by atoms with Crippen LogP contribution in [-0.2, 0) is 0 Å². The zero-order valence-electron chi connectivity index (χ0n) is 16.5. The molecule has 2 heterocycles. The molecular formula is C21H23N5O3. The highest BCUT2D eigenvalue weighted by Crippen LogP contribution is 2.21. The van der Waals surface area contributed by atoms with Crippen LogP contribution in [0.1, 0.15) is 16.2 Å². The lowest BCUT2D eigenvalue weighted by molar-refractivity contribution is -0.635. The van der Waals surface area contributed by atoms with Gasteiger partial charge in [0.15, 0.2) is 0 Å². The van der Waals surface area contributed by atoms with Gasteiger partial charge in [0, 0.05) is 56.6 Å². The lowest BCUT2D eigenvalue weighted by atomic mass is 10.2. The Hall–Kier alpha value is -3.39. The third kappa shape index (κ3) is 3.54. The molecule has 1 aliphatic rings. The van der Waals surface area contributed by atoms with Crippen LogP contribution in [0, 0.1) is 17.3 Å². The van der Waals surface area contributed by atoms with E-state index < -0.39 is 5.91 Å².